The molecule has 0 radical (unpaired) electrons. The third kappa shape index (κ3) is 5.38. The van der Waals surface area contributed by atoms with Gasteiger partial charge in [0.15, 0.2) is 10.8 Å². The Morgan fingerprint density at radius 1 is 1.02 bits per heavy atom. The third-order valence-corrected chi connectivity index (χ3v) is 9.50. The van der Waals surface area contributed by atoms with Gasteiger partial charge in [0.25, 0.3) is 11.8 Å². The largest absolute Gasteiger partial charge is 0.477 e. The number of allylic oxidation sites excluding steroid dienone is 1. The molecule has 4 aromatic rings. The van der Waals surface area contributed by atoms with Gasteiger partial charge in [-0.15, -0.1) is 23.1 Å². The number of benzene rings is 3. The highest BCUT2D eigenvalue weighted by Crippen LogP contribution is 2.42. The minimum atomic E-state index is -1.28. The number of nitrogens with zero attached hydrogens (tertiary/aromatic N) is 3. The van der Waals surface area contributed by atoms with Crippen molar-refractivity contribution in [1.29, 1.82) is 0 Å². The number of fused-ring (bicyclic) bond motifs is 1. The van der Waals surface area contributed by atoms with E-state index < -0.39 is 34.8 Å². The van der Waals surface area contributed by atoms with Gasteiger partial charge in [0.05, 0.1) is 0 Å². The van der Waals surface area contributed by atoms with Crippen LogP contribution in [0.2, 0.25) is 0 Å². The Kier molecular flexibility index (Phi) is 8.24. The van der Waals surface area contributed by atoms with E-state index >= 15 is 0 Å². The second-order valence-electron chi connectivity index (χ2n) is 10.1. The highest BCUT2D eigenvalue weighted by molar-refractivity contribution is 8.00. The van der Waals surface area contributed by atoms with Crippen molar-refractivity contribution in [2.45, 2.75) is 17.0 Å². The lowest BCUT2D eigenvalue weighted by atomic mass is 9.80. The van der Waals surface area contributed by atoms with Crippen molar-refractivity contribution in [2.24, 2.45) is 5.16 Å². The zero-order chi connectivity index (χ0) is 31.6. The van der Waals surface area contributed by atoms with Crippen LogP contribution in [0.5, 0.6) is 0 Å². The predicted octanol–water partition coefficient (Wildman–Crippen LogP) is 4.36. The van der Waals surface area contributed by atoms with E-state index in [0.29, 0.717) is 11.3 Å². The molecule has 12 heteroatoms. The van der Waals surface area contributed by atoms with Crippen LogP contribution in [0, 0.1) is 0 Å². The molecule has 1 aromatic heterocycles. The van der Waals surface area contributed by atoms with E-state index in [9.17, 15) is 19.5 Å². The fourth-order valence-corrected chi connectivity index (χ4v) is 7.29. The van der Waals surface area contributed by atoms with Crippen molar-refractivity contribution in [1.82, 2.24) is 15.2 Å². The molecule has 2 atom stereocenters. The number of aromatic nitrogens is 1. The van der Waals surface area contributed by atoms with Crippen LogP contribution in [0.3, 0.4) is 0 Å². The zero-order valence-corrected chi connectivity index (χ0v) is 25.3. The summed E-state index contributed by atoms with van der Waals surface area (Å²) in [6.07, 6.45) is 1.43. The smallest absolute Gasteiger partial charge is 0.352 e. The Labute approximate surface area is 266 Å². The Morgan fingerprint density at radius 3 is 2.04 bits per heavy atom. The van der Waals surface area contributed by atoms with Crippen molar-refractivity contribution in [3.05, 3.63) is 143 Å². The number of thioether (sulfide) groups is 1. The predicted molar refractivity (Wildman–Crippen MR) is 173 cm³/mol. The number of carboxylic acids is 1. The van der Waals surface area contributed by atoms with E-state index in [4.69, 9.17) is 10.6 Å². The van der Waals surface area contributed by atoms with Gasteiger partial charge in [0.1, 0.15) is 22.8 Å². The Hall–Kier alpha value is -5.20. The Balaban J connectivity index is 1.40. The molecule has 2 aliphatic heterocycles. The molecule has 3 aromatic carbocycles. The van der Waals surface area contributed by atoms with Gasteiger partial charge >= 0.3 is 5.97 Å². The standard InChI is InChI=1S/C33H27N5O5S2/c1-2-20-18-44-30-26(29(40)38(30)27(20)31(41)42)36-28(39)25(24-19-45-32(34)35-24)37-43-33(21-12-6-3-7-13-21,22-14-8-4-9-15-22)23-16-10-5-11-17-23/h2-17,19,26,30H,1,18H2,(H2,34,35)(H,36,39)(H,41,42)/t26-,30-/m1/s1. The summed E-state index contributed by atoms with van der Waals surface area (Å²) in [4.78, 5) is 51.1. The second kappa shape index (κ2) is 12.4. The van der Waals surface area contributed by atoms with Crippen molar-refractivity contribution < 1.29 is 24.3 Å². The van der Waals surface area contributed by atoms with Crippen LogP contribution in [-0.4, -0.2) is 55.7 Å². The summed E-state index contributed by atoms with van der Waals surface area (Å²) >= 11 is 2.46. The number of β-lactam (4-membered cyclic amide) rings is 1. The molecule has 0 saturated carbocycles. The number of rotatable bonds is 10. The average molecular weight is 638 g/mol. The first kappa shape index (κ1) is 29.9. The van der Waals surface area contributed by atoms with Gasteiger partial charge in [-0.3, -0.25) is 14.5 Å². The fourth-order valence-electron chi connectivity index (χ4n) is 5.40. The first-order valence-electron chi connectivity index (χ1n) is 13.8. The molecule has 10 nitrogen and oxygen atoms in total. The van der Waals surface area contributed by atoms with Crippen LogP contribution in [0.15, 0.2) is 125 Å². The van der Waals surface area contributed by atoms with Gasteiger partial charge in [0, 0.05) is 27.8 Å². The maximum atomic E-state index is 13.9. The van der Waals surface area contributed by atoms with Crippen LogP contribution in [0.4, 0.5) is 5.13 Å². The second-order valence-corrected chi connectivity index (χ2v) is 12.1. The maximum absolute atomic E-state index is 13.9. The SMILES string of the molecule is C=CC1=C(C(=O)O)N2C(=O)[C@@H](NC(=O)C(=NOC(c3ccccc3)(c3ccccc3)c3ccccc3)c3csc(N)n3)[C@H]2SC1. The highest BCUT2D eigenvalue weighted by atomic mass is 32.2. The lowest BCUT2D eigenvalue weighted by molar-refractivity contribution is -0.150. The number of carbonyl (C=O) groups excluding carboxylic acids is 2. The quantitative estimate of drug-likeness (QED) is 0.101. The number of carbonyl (C=O) groups is 3. The molecule has 2 aliphatic rings. The molecule has 0 unspecified atom stereocenters. The highest BCUT2D eigenvalue weighted by Gasteiger charge is 2.54. The minimum Gasteiger partial charge on any atom is -0.477 e. The van der Waals surface area contributed by atoms with Crippen molar-refractivity contribution in [3.63, 3.8) is 0 Å². The molecule has 2 amide bonds. The molecular formula is C33H27N5O5S2. The first-order valence-corrected chi connectivity index (χ1v) is 15.8. The first-order chi connectivity index (χ1) is 21.8. The van der Waals surface area contributed by atoms with Crippen molar-refractivity contribution in [2.75, 3.05) is 11.5 Å². The van der Waals surface area contributed by atoms with Crippen LogP contribution in [0.25, 0.3) is 0 Å². The Morgan fingerprint density at radius 2 is 1.58 bits per heavy atom. The average Bonchev–Trinajstić information content (AvgIpc) is 3.51. The number of amides is 2. The molecule has 1 saturated heterocycles. The van der Waals surface area contributed by atoms with Gasteiger partial charge in [-0.25, -0.2) is 9.78 Å². The van der Waals surface area contributed by atoms with E-state index in [1.807, 2.05) is 91.0 Å². The summed E-state index contributed by atoms with van der Waals surface area (Å²) in [5, 5.41) is 18.2. The van der Waals surface area contributed by atoms with Crippen LogP contribution in [0.1, 0.15) is 22.4 Å². The van der Waals surface area contributed by atoms with E-state index in [0.717, 1.165) is 28.0 Å². The van der Waals surface area contributed by atoms with Gasteiger partial charge in [0.2, 0.25) is 5.60 Å². The van der Waals surface area contributed by atoms with E-state index in [2.05, 4.69) is 22.0 Å². The number of anilines is 1. The lowest BCUT2D eigenvalue weighted by Crippen LogP contribution is -2.71. The summed E-state index contributed by atoms with van der Waals surface area (Å²) in [5.41, 5.74) is 7.23. The molecule has 45 heavy (non-hydrogen) atoms. The molecule has 0 aliphatic carbocycles. The summed E-state index contributed by atoms with van der Waals surface area (Å²) in [6, 6.07) is 27.6. The number of hydrogen-bond acceptors (Lipinski definition) is 9. The van der Waals surface area contributed by atoms with Crippen molar-refractivity contribution in [3.8, 4) is 0 Å². The van der Waals surface area contributed by atoms with Gasteiger partial charge in [-0.2, -0.15) is 0 Å². The summed E-state index contributed by atoms with van der Waals surface area (Å²) < 4.78 is 0. The number of nitrogens with one attached hydrogen (secondary N) is 1. The van der Waals surface area contributed by atoms with Gasteiger partial charge in [-0.05, 0) is 5.57 Å². The molecular weight excluding hydrogens is 611 g/mol. The molecule has 4 N–H and O–H groups in total. The molecule has 3 heterocycles. The maximum Gasteiger partial charge on any atom is 0.352 e. The molecule has 0 spiro atoms. The number of hydrogen-bond donors (Lipinski definition) is 3. The van der Waals surface area contributed by atoms with Gasteiger partial charge in [-0.1, -0.05) is 109 Å². The minimum absolute atomic E-state index is 0.132. The fraction of sp³-hybridized carbons (Fsp3) is 0.121. The topological polar surface area (TPSA) is 147 Å². The number of thiazole rings is 1. The van der Waals surface area contributed by atoms with E-state index in [1.165, 1.54) is 22.7 Å². The molecule has 0 bridgehead atoms. The molecule has 6 rings (SSSR count). The number of nitrogens with two attached hydrogens (primary N) is 1. The van der Waals surface area contributed by atoms with Crippen LogP contribution < -0.4 is 11.1 Å². The number of carboxylic acid groups (broad SMARTS) is 1. The summed E-state index contributed by atoms with van der Waals surface area (Å²) in [5.74, 6) is -2.19. The number of oxime groups is 1. The number of nitrogen functional groups attached to an aromatic ring is 1. The third-order valence-electron chi connectivity index (χ3n) is 7.53. The zero-order valence-electron chi connectivity index (χ0n) is 23.7. The van der Waals surface area contributed by atoms with E-state index in [1.54, 1.807) is 5.38 Å². The summed E-state index contributed by atoms with van der Waals surface area (Å²) in [7, 11) is 0. The molecule has 226 valence electrons. The van der Waals surface area contributed by atoms with Gasteiger partial charge < -0.3 is 21.0 Å². The normalized spacial score (nSPS) is 18.1. The monoisotopic (exact) mass is 637 g/mol. The Bertz CT molecular complexity index is 1730. The van der Waals surface area contributed by atoms with Crippen LogP contribution >= 0.6 is 23.1 Å². The number of aliphatic carboxylic acids is 1. The molecule has 1 fully saturated rings. The lowest BCUT2D eigenvalue weighted by Gasteiger charge is -2.49. The van der Waals surface area contributed by atoms with E-state index in [-0.39, 0.29) is 22.2 Å². The van der Waals surface area contributed by atoms with Crippen LogP contribution in [-0.2, 0) is 24.8 Å². The summed E-state index contributed by atoms with van der Waals surface area (Å²) in [6.45, 7) is 3.67. The van der Waals surface area contributed by atoms with Crippen molar-refractivity contribution >= 4 is 51.7 Å².